The molecule has 0 saturated heterocycles. The Morgan fingerprint density at radius 2 is 2.42 bits per heavy atom. The van der Waals surface area contributed by atoms with Gasteiger partial charge in [-0.2, -0.15) is 0 Å². The molecule has 0 saturated carbocycles. The molecule has 0 radical (unpaired) electrons. The van der Waals surface area contributed by atoms with E-state index in [2.05, 4.69) is 4.98 Å². The first-order chi connectivity index (χ1) is 5.70. The van der Waals surface area contributed by atoms with Gasteiger partial charge in [-0.15, -0.1) is 0 Å². The summed E-state index contributed by atoms with van der Waals surface area (Å²) in [6.45, 7) is 1.58. The quantitative estimate of drug-likeness (QED) is 0.514. The molecule has 1 atom stereocenters. The molecule has 4 heteroatoms. The minimum absolute atomic E-state index is 0.273. The Hall–Kier alpha value is -1.42. The van der Waals surface area contributed by atoms with E-state index in [1.807, 2.05) is 0 Å². The van der Waals surface area contributed by atoms with Crippen LogP contribution in [-0.2, 0) is 4.74 Å². The molecule has 1 heterocycles. The molecule has 0 aliphatic heterocycles. The second-order valence-corrected chi connectivity index (χ2v) is 2.33. The number of nitrogens with zero attached hydrogens (tertiary/aromatic N) is 1. The topological polar surface area (TPSA) is 65.2 Å². The SMILES string of the molecule is CC(N)OC(=O)c1ccccn1. The van der Waals surface area contributed by atoms with Crippen LogP contribution in [0.3, 0.4) is 0 Å². The van der Waals surface area contributed by atoms with Crippen LogP contribution in [0, 0.1) is 0 Å². The van der Waals surface area contributed by atoms with Gasteiger partial charge in [0.05, 0.1) is 0 Å². The van der Waals surface area contributed by atoms with E-state index in [0.29, 0.717) is 0 Å². The number of carbonyl (C=O) groups excluding carboxylic acids is 1. The number of nitrogens with two attached hydrogens (primary N) is 1. The predicted molar refractivity (Wildman–Crippen MR) is 43.3 cm³/mol. The Balaban J connectivity index is 2.66. The van der Waals surface area contributed by atoms with Gasteiger partial charge in [-0.3, -0.25) is 5.73 Å². The van der Waals surface area contributed by atoms with Crippen LogP contribution in [0.4, 0.5) is 0 Å². The third-order valence-corrected chi connectivity index (χ3v) is 1.17. The summed E-state index contributed by atoms with van der Waals surface area (Å²) < 4.78 is 4.71. The van der Waals surface area contributed by atoms with Gasteiger partial charge in [0.2, 0.25) is 0 Å². The lowest BCUT2D eigenvalue weighted by atomic mass is 10.3. The van der Waals surface area contributed by atoms with E-state index in [4.69, 9.17) is 10.5 Å². The molecule has 0 aliphatic rings. The summed E-state index contributed by atoms with van der Waals surface area (Å²) in [5.74, 6) is -0.495. The molecule has 0 amide bonds. The van der Waals surface area contributed by atoms with Gasteiger partial charge < -0.3 is 4.74 Å². The summed E-state index contributed by atoms with van der Waals surface area (Å²) >= 11 is 0. The first-order valence-corrected chi connectivity index (χ1v) is 3.58. The van der Waals surface area contributed by atoms with Crippen LogP contribution in [-0.4, -0.2) is 17.2 Å². The summed E-state index contributed by atoms with van der Waals surface area (Å²) in [6, 6.07) is 5.01. The van der Waals surface area contributed by atoms with Gasteiger partial charge >= 0.3 is 5.97 Å². The fraction of sp³-hybridized carbons (Fsp3) is 0.250. The Morgan fingerprint density at radius 1 is 1.67 bits per heavy atom. The van der Waals surface area contributed by atoms with Crippen molar-refractivity contribution in [2.45, 2.75) is 13.2 Å². The Kier molecular flexibility index (Phi) is 2.76. The average molecular weight is 166 g/mol. The minimum Gasteiger partial charge on any atom is -0.442 e. The molecular formula is C8H10N2O2. The van der Waals surface area contributed by atoms with Crippen molar-refractivity contribution in [2.75, 3.05) is 0 Å². The lowest BCUT2D eigenvalue weighted by Gasteiger charge is -2.05. The number of pyridine rings is 1. The largest absolute Gasteiger partial charge is 0.442 e. The Bertz CT molecular complexity index is 259. The molecule has 0 spiro atoms. The van der Waals surface area contributed by atoms with E-state index in [1.54, 1.807) is 25.1 Å². The van der Waals surface area contributed by atoms with Crippen molar-refractivity contribution in [1.82, 2.24) is 4.98 Å². The maximum atomic E-state index is 11.1. The summed E-state index contributed by atoms with van der Waals surface area (Å²) in [4.78, 5) is 14.9. The molecule has 1 aromatic heterocycles. The molecule has 2 N–H and O–H groups in total. The van der Waals surface area contributed by atoms with Crippen molar-refractivity contribution in [1.29, 1.82) is 0 Å². The highest BCUT2D eigenvalue weighted by molar-refractivity contribution is 5.87. The van der Waals surface area contributed by atoms with Crippen molar-refractivity contribution >= 4 is 5.97 Å². The van der Waals surface area contributed by atoms with Crippen LogP contribution in [0.2, 0.25) is 0 Å². The lowest BCUT2D eigenvalue weighted by molar-refractivity contribution is 0.0348. The second kappa shape index (κ2) is 3.82. The highest BCUT2D eigenvalue weighted by Crippen LogP contribution is 1.97. The van der Waals surface area contributed by atoms with E-state index >= 15 is 0 Å². The van der Waals surface area contributed by atoms with Crippen LogP contribution < -0.4 is 5.73 Å². The van der Waals surface area contributed by atoms with E-state index < -0.39 is 12.2 Å². The first-order valence-electron chi connectivity index (χ1n) is 3.58. The summed E-state index contributed by atoms with van der Waals surface area (Å²) in [7, 11) is 0. The number of carbonyl (C=O) groups is 1. The van der Waals surface area contributed by atoms with Gasteiger partial charge in [0.15, 0.2) is 0 Å². The van der Waals surface area contributed by atoms with Gasteiger partial charge in [0, 0.05) is 6.20 Å². The molecule has 64 valence electrons. The highest BCUT2D eigenvalue weighted by Gasteiger charge is 2.08. The number of rotatable bonds is 2. The zero-order valence-electron chi connectivity index (χ0n) is 6.73. The fourth-order valence-electron chi connectivity index (χ4n) is 0.713. The zero-order valence-corrected chi connectivity index (χ0v) is 6.73. The molecule has 1 unspecified atom stereocenters. The van der Waals surface area contributed by atoms with E-state index in [1.165, 1.54) is 6.20 Å². The highest BCUT2D eigenvalue weighted by atomic mass is 16.6. The Morgan fingerprint density at radius 3 is 2.92 bits per heavy atom. The smallest absolute Gasteiger partial charge is 0.358 e. The summed E-state index contributed by atoms with van der Waals surface area (Å²) in [6.07, 6.45) is 0.928. The first kappa shape index (κ1) is 8.67. The summed E-state index contributed by atoms with van der Waals surface area (Å²) in [5.41, 5.74) is 5.53. The molecule has 1 rings (SSSR count). The van der Waals surface area contributed by atoms with Gasteiger partial charge in [-0.25, -0.2) is 9.78 Å². The van der Waals surface area contributed by atoms with Crippen molar-refractivity contribution in [3.8, 4) is 0 Å². The van der Waals surface area contributed by atoms with Gasteiger partial charge in [0.25, 0.3) is 0 Å². The van der Waals surface area contributed by atoms with E-state index in [-0.39, 0.29) is 5.69 Å². The fourth-order valence-corrected chi connectivity index (χ4v) is 0.713. The van der Waals surface area contributed by atoms with Crippen LogP contribution in [0.1, 0.15) is 17.4 Å². The second-order valence-electron chi connectivity index (χ2n) is 2.33. The molecule has 0 aliphatic carbocycles. The third kappa shape index (κ3) is 2.32. The molecule has 4 nitrogen and oxygen atoms in total. The van der Waals surface area contributed by atoms with Crippen LogP contribution >= 0.6 is 0 Å². The predicted octanol–water partition coefficient (Wildman–Crippen LogP) is 0.543. The normalized spacial score (nSPS) is 12.2. The van der Waals surface area contributed by atoms with Gasteiger partial charge in [-0.1, -0.05) is 6.07 Å². The monoisotopic (exact) mass is 166 g/mol. The molecule has 12 heavy (non-hydrogen) atoms. The molecule has 0 aromatic carbocycles. The molecular weight excluding hydrogens is 156 g/mol. The third-order valence-electron chi connectivity index (χ3n) is 1.17. The van der Waals surface area contributed by atoms with Gasteiger partial charge in [0.1, 0.15) is 11.9 Å². The number of esters is 1. The standard InChI is InChI=1S/C8H10N2O2/c1-6(9)12-8(11)7-4-2-3-5-10-7/h2-6H,9H2,1H3. The number of ether oxygens (including phenoxy) is 1. The molecule has 0 bridgehead atoms. The van der Waals surface area contributed by atoms with Crippen LogP contribution in [0.15, 0.2) is 24.4 Å². The number of aromatic nitrogens is 1. The van der Waals surface area contributed by atoms with Crippen LogP contribution in [0.25, 0.3) is 0 Å². The Labute approximate surface area is 70.4 Å². The number of hydrogen-bond acceptors (Lipinski definition) is 4. The minimum atomic E-state index is -0.598. The zero-order chi connectivity index (χ0) is 8.97. The van der Waals surface area contributed by atoms with Crippen molar-refractivity contribution < 1.29 is 9.53 Å². The van der Waals surface area contributed by atoms with Crippen molar-refractivity contribution in [3.05, 3.63) is 30.1 Å². The maximum absolute atomic E-state index is 11.1. The van der Waals surface area contributed by atoms with Crippen molar-refractivity contribution in [3.63, 3.8) is 0 Å². The molecule has 0 fully saturated rings. The van der Waals surface area contributed by atoms with E-state index in [0.717, 1.165) is 0 Å². The van der Waals surface area contributed by atoms with Gasteiger partial charge in [-0.05, 0) is 19.1 Å². The summed E-state index contributed by atoms with van der Waals surface area (Å²) in [5, 5.41) is 0. The average Bonchev–Trinajstić information content (AvgIpc) is 2.05. The van der Waals surface area contributed by atoms with Crippen LogP contribution in [0.5, 0.6) is 0 Å². The molecule has 1 aromatic rings. The lowest BCUT2D eigenvalue weighted by Crippen LogP contribution is -2.23. The van der Waals surface area contributed by atoms with Crippen molar-refractivity contribution in [2.24, 2.45) is 5.73 Å². The maximum Gasteiger partial charge on any atom is 0.358 e. The number of hydrogen-bond donors (Lipinski definition) is 1. The van der Waals surface area contributed by atoms with E-state index in [9.17, 15) is 4.79 Å².